The van der Waals surface area contributed by atoms with Crippen LogP contribution in [0.15, 0.2) is 24.5 Å². The van der Waals surface area contributed by atoms with Gasteiger partial charge in [-0.15, -0.1) is 12.4 Å². The second-order valence-electron chi connectivity index (χ2n) is 3.33. The number of nitrogens with zero attached hydrogens (tertiary/aromatic N) is 1. The van der Waals surface area contributed by atoms with E-state index in [9.17, 15) is 8.42 Å². The fraction of sp³-hybridized carbons (Fsp3) is 0.500. The summed E-state index contributed by atoms with van der Waals surface area (Å²) >= 11 is 0. The number of rotatable bonds is 7. The van der Waals surface area contributed by atoms with Crippen LogP contribution in [0.4, 0.5) is 0 Å². The Kier molecular flexibility index (Phi) is 8.07. The fourth-order valence-electron chi connectivity index (χ4n) is 1.13. The van der Waals surface area contributed by atoms with E-state index in [0.717, 1.165) is 12.1 Å². The zero-order chi connectivity index (χ0) is 11.9. The van der Waals surface area contributed by atoms with E-state index in [0.29, 0.717) is 13.1 Å². The van der Waals surface area contributed by atoms with Crippen molar-refractivity contribution in [1.82, 2.24) is 15.0 Å². The molecule has 0 spiro atoms. The van der Waals surface area contributed by atoms with Crippen molar-refractivity contribution in [3.8, 4) is 0 Å². The van der Waals surface area contributed by atoms with Gasteiger partial charge in [0.05, 0.1) is 5.75 Å². The van der Waals surface area contributed by atoms with Crippen molar-refractivity contribution in [3.05, 3.63) is 30.1 Å². The zero-order valence-electron chi connectivity index (χ0n) is 9.72. The van der Waals surface area contributed by atoms with Crippen molar-refractivity contribution in [2.24, 2.45) is 0 Å². The van der Waals surface area contributed by atoms with Crippen molar-refractivity contribution in [1.29, 1.82) is 0 Å². The third-order valence-electron chi connectivity index (χ3n) is 2.08. The second-order valence-corrected chi connectivity index (χ2v) is 5.43. The molecule has 1 heterocycles. The summed E-state index contributed by atoms with van der Waals surface area (Å²) in [5.41, 5.74) is 1.13. The highest BCUT2D eigenvalue weighted by Gasteiger charge is 2.03. The maximum absolute atomic E-state index is 11.1. The van der Waals surface area contributed by atoms with Gasteiger partial charge in [0.2, 0.25) is 10.0 Å². The van der Waals surface area contributed by atoms with Gasteiger partial charge >= 0.3 is 0 Å². The molecule has 0 aliphatic heterocycles. The largest absolute Gasteiger partial charge is 0.311 e. The zero-order valence-corrected chi connectivity index (χ0v) is 11.4. The van der Waals surface area contributed by atoms with Gasteiger partial charge in [-0.3, -0.25) is 4.98 Å². The van der Waals surface area contributed by atoms with Crippen LogP contribution >= 0.6 is 12.4 Å². The number of aromatic nitrogens is 1. The number of halogens is 1. The van der Waals surface area contributed by atoms with Crippen LogP contribution in [-0.2, 0) is 16.6 Å². The van der Waals surface area contributed by atoms with Gasteiger partial charge in [0.1, 0.15) is 0 Å². The highest BCUT2D eigenvalue weighted by Crippen LogP contribution is 1.93. The fourth-order valence-corrected chi connectivity index (χ4v) is 1.75. The summed E-state index contributed by atoms with van der Waals surface area (Å²) in [6.07, 6.45) is 3.47. The van der Waals surface area contributed by atoms with Gasteiger partial charge in [-0.2, -0.15) is 0 Å². The second kappa shape index (κ2) is 8.41. The minimum absolute atomic E-state index is 0. The maximum atomic E-state index is 11.1. The van der Waals surface area contributed by atoms with Crippen molar-refractivity contribution >= 4 is 22.4 Å². The average Bonchev–Trinajstić information content (AvgIpc) is 2.30. The van der Waals surface area contributed by atoms with E-state index < -0.39 is 10.0 Å². The Bertz CT molecular complexity index is 397. The van der Waals surface area contributed by atoms with Crippen LogP contribution in [0.5, 0.6) is 0 Å². The molecule has 1 rings (SSSR count). The average molecular weight is 280 g/mol. The van der Waals surface area contributed by atoms with E-state index in [1.165, 1.54) is 0 Å². The van der Waals surface area contributed by atoms with Gasteiger partial charge in [-0.25, -0.2) is 13.1 Å². The van der Waals surface area contributed by atoms with Gasteiger partial charge in [-0.05, 0) is 24.6 Å². The van der Waals surface area contributed by atoms with Crippen molar-refractivity contribution in [3.63, 3.8) is 0 Å². The molecule has 5 nitrogen and oxygen atoms in total. The molecule has 17 heavy (non-hydrogen) atoms. The number of hydrogen-bond acceptors (Lipinski definition) is 4. The molecule has 0 fully saturated rings. The van der Waals surface area contributed by atoms with Gasteiger partial charge in [0.25, 0.3) is 0 Å². The molecule has 0 bridgehead atoms. The molecule has 1 aromatic heterocycles. The minimum Gasteiger partial charge on any atom is -0.311 e. The molecule has 0 saturated carbocycles. The van der Waals surface area contributed by atoms with Crippen LogP contribution in [0.3, 0.4) is 0 Å². The summed E-state index contributed by atoms with van der Waals surface area (Å²) in [6, 6.07) is 3.84. The summed E-state index contributed by atoms with van der Waals surface area (Å²) in [7, 11) is -3.06. The van der Waals surface area contributed by atoms with Gasteiger partial charge in [0, 0.05) is 32.0 Å². The van der Waals surface area contributed by atoms with Crippen LogP contribution in [-0.4, -0.2) is 32.2 Å². The molecule has 0 aliphatic rings. The van der Waals surface area contributed by atoms with E-state index in [-0.39, 0.29) is 18.2 Å². The summed E-state index contributed by atoms with van der Waals surface area (Å²) < 4.78 is 24.7. The van der Waals surface area contributed by atoms with Crippen LogP contribution < -0.4 is 10.0 Å². The van der Waals surface area contributed by atoms with Gasteiger partial charge < -0.3 is 5.32 Å². The summed E-state index contributed by atoms with van der Waals surface area (Å²) in [5, 5.41) is 3.14. The van der Waals surface area contributed by atoms with Crippen LogP contribution in [0.25, 0.3) is 0 Å². The van der Waals surface area contributed by atoms with Crippen LogP contribution in [0, 0.1) is 0 Å². The molecule has 0 saturated heterocycles. The first kappa shape index (κ1) is 16.3. The number of sulfonamides is 1. The number of nitrogens with one attached hydrogen (secondary N) is 2. The SMILES string of the molecule is CCS(=O)(=O)NCCNCc1ccncc1.Cl. The van der Waals surface area contributed by atoms with E-state index in [1.807, 2.05) is 12.1 Å². The van der Waals surface area contributed by atoms with E-state index in [4.69, 9.17) is 0 Å². The quantitative estimate of drug-likeness (QED) is 0.715. The minimum atomic E-state index is -3.06. The van der Waals surface area contributed by atoms with Gasteiger partial charge in [0.15, 0.2) is 0 Å². The summed E-state index contributed by atoms with van der Waals surface area (Å²) in [6.45, 7) is 3.37. The Morgan fingerprint density at radius 1 is 1.24 bits per heavy atom. The maximum Gasteiger partial charge on any atom is 0.211 e. The molecule has 0 radical (unpaired) electrons. The topological polar surface area (TPSA) is 71.1 Å². The summed E-state index contributed by atoms with van der Waals surface area (Å²) in [5.74, 6) is 0.122. The standard InChI is InChI=1S/C10H17N3O2S.ClH/c1-2-16(14,15)13-8-7-12-9-10-3-5-11-6-4-10;/h3-6,12-13H,2,7-9H2,1H3;1H. The molecular weight excluding hydrogens is 262 g/mol. The first-order chi connectivity index (χ1) is 7.64. The molecule has 0 aliphatic carbocycles. The first-order valence-corrected chi connectivity index (χ1v) is 6.86. The molecule has 0 aromatic carbocycles. The molecule has 7 heteroatoms. The lowest BCUT2D eigenvalue weighted by Gasteiger charge is -2.06. The third-order valence-corrected chi connectivity index (χ3v) is 3.49. The van der Waals surface area contributed by atoms with Gasteiger partial charge in [-0.1, -0.05) is 0 Å². The first-order valence-electron chi connectivity index (χ1n) is 5.21. The monoisotopic (exact) mass is 279 g/mol. The molecule has 1 aromatic rings. The lowest BCUT2D eigenvalue weighted by molar-refractivity contribution is 0.577. The molecule has 0 amide bonds. The Balaban J connectivity index is 0.00000256. The molecule has 2 N–H and O–H groups in total. The normalized spacial score (nSPS) is 10.9. The molecule has 0 unspecified atom stereocenters. The van der Waals surface area contributed by atoms with Crippen molar-refractivity contribution in [2.75, 3.05) is 18.8 Å². The predicted molar refractivity (Wildman–Crippen MR) is 70.7 cm³/mol. The Morgan fingerprint density at radius 2 is 1.88 bits per heavy atom. The van der Waals surface area contributed by atoms with E-state index in [2.05, 4.69) is 15.0 Å². The smallest absolute Gasteiger partial charge is 0.211 e. The third kappa shape index (κ3) is 7.27. The predicted octanol–water partition coefficient (Wildman–Crippen LogP) is 0.532. The Morgan fingerprint density at radius 3 is 2.47 bits per heavy atom. The molecular formula is C10H18ClN3O2S. The van der Waals surface area contributed by atoms with E-state index in [1.54, 1.807) is 19.3 Å². The molecule has 98 valence electrons. The summed E-state index contributed by atoms with van der Waals surface area (Å²) in [4.78, 5) is 3.91. The molecule has 0 atom stereocenters. The lowest BCUT2D eigenvalue weighted by atomic mass is 10.3. The Hall–Kier alpha value is -0.690. The van der Waals surface area contributed by atoms with Crippen molar-refractivity contribution in [2.45, 2.75) is 13.5 Å². The van der Waals surface area contributed by atoms with Crippen LogP contribution in [0.2, 0.25) is 0 Å². The van der Waals surface area contributed by atoms with Crippen LogP contribution in [0.1, 0.15) is 12.5 Å². The lowest BCUT2D eigenvalue weighted by Crippen LogP contribution is -2.32. The highest BCUT2D eigenvalue weighted by molar-refractivity contribution is 7.89. The number of hydrogen-bond donors (Lipinski definition) is 2. The van der Waals surface area contributed by atoms with E-state index >= 15 is 0 Å². The van der Waals surface area contributed by atoms with Crippen molar-refractivity contribution < 1.29 is 8.42 Å². The highest BCUT2D eigenvalue weighted by atomic mass is 35.5. The Labute approximate surface area is 108 Å². The number of pyridine rings is 1.